The lowest BCUT2D eigenvalue weighted by molar-refractivity contribution is -0.111. The molecule has 4 aliphatic heterocycles. The molecular weight excluding hydrogens is 795 g/mol. The van der Waals surface area contributed by atoms with Gasteiger partial charge in [0.15, 0.2) is 5.82 Å². The van der Waals surface area contributed by atoms with E-state index in [1.807, 2.05) is 41.1 Å². The summed E-state index contributed by atoms with van der Waals surface area (Å²) in [5, 5.41) is 17.3. The quantitative estimate of drug-likeness (QED) is 0.187. The molecule has 0 saturated carbocycles. The fraction of sp³-hybridized carbons (Fsp3) is 0.521. The van der Waals surface area contributed by atoms with E-state index in [2.05, 4.69) is 80.4 Å². The highest BCUT2D eigenvalue weighted by Crippen LogP contribution is 2.40. The number of anilines is 6. The Kier molecular flexibility index (Phi) is 11.6. The molecule has 1 aromatic carbocycles. The maximum absolute atomic E-state index is 14.1. The predicted molar refractivity (Wildman–Crippen MR) is 249 cm³/mol. The van der Waals surface area contributed by atoms with Gasteiger partial charge < -0.3 is 44.5 Å². The molecule has 0 spiro atoms. The first kappa shape index (κ1) is 42.6. The minimum Gasteiger partial charge on any atom is -0.394 e. The Morgan fingerprint density at radius 2 is 1.76 bits per heavy atom. The number of benzene rings is 1. The fourth-order valence-corrected chi connectivity index (χ4v) is 11.1. The van der Waals surface area contributed by atoms with Crippen LogP contribution in [0.2, 0.25) is 0 Å². The molecule has 3 fully saturated rings. The molecule has 1 aliphatic carbocycles. The molecule has 63 heavy (non-hydrogen) atoms. The number of hydrogen-bond donors (Lipinski definition) is 3. The van der Waals surface area contributed by atoms with Crippen LogP contribution >= 0.6 is 0 Å². The number of hydrogen-bond acceptors (Lipinski definition) is 11. The van der Waals surface area contributed by atoms with E-state index in [4.69, 9.17) is 4.98 Å². The molecule has 0 bridgehead atoms. The molecule has 2 amide bonds. The van der Waals surface area contributed by atoms with Gasteiger partial charge >= 0.3 is 0 Å². The number of aliphatic hydroxyl groups excluding tert-OH is 1. The molecule has 3 atom stereocenters. The summed E-state index contributed by atoms with van der Waals surface area (Å²) in [6.45, 7) is 19.0. The van der Waals surface area contributed by atoms with Gasteiger partial charge in [0.05, 0.1) is 30.1 Å². The van der Waals surface area contributed by atoms with E-state index in [1.165, 1.54) is 27.6 Å². The lowest BCUT2D eigenvalue weighted by Crippen LogP contribution is -2.60. The zero-order chi connectivity index (χ0) is 44.2. The highest BCUT2D eigenvalue weighted by Gasteiger charge is 2.43. The maximum atomic E-state index is 14.1. The molecule has 15 heteroatoms. The van der Waals surface area contributed by atoms with Crippen molar-refractivity contribution >= 4 is 46.2 Å². The number of carbonyl (C=O) groups excluding carboxylic acids is 2. The number of aromatic nitrogens is 4. The molecule has 7 heterocycles. The van der Waals surface area contributed by atoms with Gasteiger partial charge in [0.2, 0.25) is 5.91 Å². The molecule has 3 N–H and O–H groups in total. The SMILES string of the molecule is C=CC(=O)Nc1cc(Nc2nc(N3CCCC(N4CCn5c(cc6c5CC(C)(C)C6)C4=O)C3CO)cn(C)c2=O)ccc1N1CCN(C2CCN(c3ccnc(C)c3)CC2)C[C@@H]1C. The summed E-state index contributed by atoms with van der Waals surface area (Å²) in [6, 6.07) is 12.2. The number of aryl methyl sites for hydroxylation is 2. The van der Waals surface area contributed by atoms with Crippen LogP contribution in [-0.2, 0) is 31.2 Å². The first-order chi connectivity index (χ1) is 30.3. The molecule has 334 valence electrons. The minimum absolute atomic E-state index is 0.0155. The Hall–Kier alpha value is -5.67. The average molecular weight is 858 g/mol. The van der Waals surface area contributed by atoms with Crippen LogP contribution in [0.15, 0.2) is 66.2 Å². The van der Waals surface area contributed by atoms with Gasteiger partial charge in [-0.25, -0.2) is 4.98 Å². The minimum atomic E-state index is -0.403. The summed E-state index contributed by atoms with van der Waals surface area (Å²) in [4.78, 5) is 61.3. The Morgan fingerprint density at radius 3 is 2.51 bits per heavy atom. The maximum Gasteiger partial charge on any atom is 0.293 e. The van der Waals surface area contributed by atoms with Crippen LogP contribution in [0.5, 0.6) is 0 Å². The standard InChI is InChI=1S/C48H63N11O4/c1-7-44(61)51-37-25-34(10-11-38(37)56-20-19-55(28-32(56)3)35-13-17-54(18-14-35)36-12-15-49-31(2)23-36)50-45-47(63)53(6)29-43(52-45)58-16-8-9-39(42(58)30-60)59-22-21-57-40(46(59)62)24-33-26-48(4,5)27-41(33)57/h7,10-12,15,23-25,29,32,35,39,42,60H,1,8-9,13-14,16-22,26-28,30H2,2-6H3,(H,50,52)(H,51,61)/t32-,39?,42?/m0/s1. The third kappa shape index (κ3) is 8.32. The monoisotopic (exact) mass is 858 g/mol. The summed E-state index contributed by atoms with van der Waals surface area (Å²) in [7, 11) is 1.70. The first-order valence-electron chi connectivity index (χ1n) is 22.8. The molecule has 0 radical (unpaired) electrons. The molecule has 2 unspecified atom stereocenters. The topological polar surface area (TPSA) is 147 Å². The fourth-order valence-electron chi connectivity index (χ4n) is 11.1. The zero-order valence-electron chi connectivity index (χ0n) is 37.5. The molecule has 3 saturated heterocycles. The predicted octanol–water partition coefficient (Wildman–Crippen LogP) is 4.94. The van der Waals surface area contributed by atoms with Gasteiger partial charge in [0.25, 0.3) is 11.5 Å². The number of amides is 2. The van der Waals surface area contributed by atoms with Gasteiger partial charge in [-0.1, -0.05) is 20.4 Å². The van der Waals surface area contributed by atoms with Crippen molar-refractivity contribution in [3.8, 4) is 0 Å². The highest BCUT2D eigenvalue weighted by molar-refractivity contribution is 6.02. The van der Waals surface area contributed by atoms with Crippen LogP contribution in [0.25, 0.3) is 0 Å². The van der Waals surface area contributed by atoms with Crippen LogP contribution in [0, 0.1) is 12.3 Å². The first-order valence-corrected chi connectivity index (χ1v) is 22.8. The van der Waals surface area contributed by atoms with Gasteiger partial charge in [0.1, 0.15) is 11.5 Å². The van der Waals surface area contributed by atoms with Crippen LogP contribution in [0.1, 0.15) is 73.9 Å². The van der Waals surface area contributed by atoms with E-state index in [9.17, 15) is 19.5 Å². The van der Waals surface area contributed by atoms with Crippen molar-refractivity contribution in [1.82, 2.24) is 28.9 Å². The lowest BCUT2D eigenvalue weighted by Gasteiger charge is -2.47. The zero-order valence-corrected chi connectivity index (χ0v) is 37.5. The van der Waals surface area contributed by atoms with Gasteiger partial charge in [0, 0.05) is 107 Å². The normalized spacial score (nSPS) is 22.8. The Morgan fingerprint density at radius 1 is 0.968 bits per heavy atom. The second-order valence-electron chi connectivity index (χ2n) is 19.1. The molecule has 4 aromatic rings. The summed E-state index contributed by atoms with van der Waals surface area (Å²) in [5.41, 5.74) is 7.60. The molecule has 9 rings (SSSR count). The van der Waals surface area contributed by atoms with Crippen LogP contribution in [-0.4, -0.2) is 122 Å². The number of fused-ring (bicyclic) bond motifs is 3. The van der Waals surface area contributed by atoms with Crippen LogP contribution in [0.4, 0.5) is 34.4 Å². The summed E-state index contributed by atoms with van der Waals surface area (Å²) >= 11 is 0. The van der Waals surface area contributed by atoms with Gasteiger partial charge in [-0.2, -0.15) is 0 Å². The Bertz CT molecular complexity index is 2450. The van der Waals surface area contributed by atoms with E-state index in [0.29, 0.717) is 36.3 Å². The number of carbonyl (C=O) groups is 2. The molecular formula is C48H63N11O4. The van der Waals surface area contributed by atoms with Crippen molar-refractivity contribution in [2.24, 2.45) is 12.5 Å². The number of nitrogens with zero attached hydrogens (tertiary/aromatic N) is 9. The van der Waals surface area contributed by atoms with Crippen molar-refractivity contribution in [3.05, 3.63) is 94.4 Å². The Balaban J connectivity index is 0.903. The molecule has 15 nitrogen and oxygen atoms in total. The smallest absolute Gasteiger partial charge is 0.293 e. The van der Waals surface area contributed by atoms with Crippen molar-refractivity contribution in [2.75, 3.05) is 77.8 Å². The number of aliphatic hydroxyl groups is 1. The van der Waals surface area contributed by atoms with E-state index >= 15 is 0 Å². The number of rotatable bonds is 10. The van der Waals surface area contributed by atoms with E-state index in [0.717, 1.165) is 94.9 Å². The third-order valence-electron chi connectivity index (χ3n) is 14.2. The van der Waals surface area contributed by atoms with E-state index < -0.39 is 6.04 Å². The van der Waals surface area contributed by atoms with E-state index in [1.54, 1.807) is 13.2 Å². The second kappa shape index (κ2) is 17.1. The van der Waals surface area contributed by atoms with Crippen molar-refractivity contribution in [3.63, 3.8) is 0 Å². The van der Waals surface area contributed by atoms with Crippen molar-refractivity contribution in [2.45, 2.75) is 96.9 Å². The van der Waals surface area contributed by atoms with Crippen molar-refractivity contribution in [1.29, 1.82) is 0 Å². The van der Waals surface area contributed by atoms with Crippen LogP contribution < -0.4 is 30.9 Å². The number of nitrogens with one attached hydrogen (secondary N) is 2. The largest absolute Gasteiger partial charge is 0.394 e. The highest BCUT2D eigenvalue weighted by atomic mass is 16.3. The summed E-state index contributed by atoms with van der Waals surface area (Å²) < 4.78 is 3.73. The molecule has 3 aromatic heterocycles. The second-order valence-corrected chi connectivity index (χ2v) is 19.1. The third-order valence-corrected chi connectivity index (χ3v) is 14.2. The van der Waals surface area contributed by atoms with Gasteiger partial charge in [-0.3, -0.25) is 24.3 Å². The van der Waals surface area contributed by atoms with Crippen LogP contribution in [0.3, 0.4) is 0 Å². The average Bonchev–Trinajstić information content (AvgIpc) is 3.77. The number of piperidine rings is 2. The van der Waals surface area contributed by atoms with Crippen molar-refractivity contribution < 1.29 is 14.7 Å². The van der Waals surface area contributed by atoms with Gasteiger partial charge in [-0.15, -0.1) is 0 Å². The number of pyridine rings is 1. The van der Waals surface area contributed by atoms with Gasteiger partial charge in [-0.05, 0) is 106 Å². The number of piperazine rings is 1. The molecule has 5 aliphatic rings. The summed E-state index contributed by atoms with van der Waals surface area (Å²) in [5.74, 6) is 0.356. The lowest BCUT2D eigenvalue weighted by atomic mass is 9.90. The summed E-state index contributed by atoms with van der Waals surface area (Å²) in [6.07, 6.45) is 10.6. The Labute approximate surface area is 370 Å². The van der Waals surface area contributed by atoms with E-state index in [-0.39, 0.29) is 47.3 Å².